The molecule has 22 heteroatoms. The zero-order valence-corrected chi connectivity index (χ0v) is 34.5. The molecule has 2 aromatic carbocycles. The molecule has 4 aromatic heterocycles. The van der Waals surface area contributed by atoms with Gasteiger partial charge in [0.05, 0.1) is 28.2 Å². The molecule has 61 heavy (non-hydrogen) atoms. The highest BCUT2D eigenvalue weighted by Crippen LogP contribution is 2.64. The number of nitrogens with zero attached hydrogens (tertiary/aromatic N) is 8. The first-order valence-corrected chi connectivity index (χ1v) is 21.8. The molecule has 13 nitrogen and oxygen atoms in total. The van der Waals surface area contributed by atoms with Gasteiger partial charge in [-0.1, -0.05) is 23.5 Å². The second-order valence-electron chi connectivity index (χ2n) is 16.1. The number of likely N-dealkylation sites (N-methyl/N-ethyl adjacent to an activating group) is 1. The van der Waals surface area contributed by atoms with Crippen LogP contribution in [-0.4, -0.2) is 88.2 Å². The van der Waals surface area contributed by atoms with E-state index in [1.54, 1.807) is 31.3 Å². The number of nitrogens with one attached hydrogen (secondary N) is 2. The van der Waals surface area contributed by atoms with E-state index in [-0.39, 0.29) is 48.0 Å². The lowest BCUT2D eigenvalue weighted by atomic mass is 9.73. The highest BCUT2D eigenvalue weighted by atomic mass is 32.2. The van der Waals surface area contributed by atoms with E-state index >= 15 is 8.78 Å². The molecule has 1 saturated carbocycles. The first kappa shape index (κ1) is 41.0. The number of anilines is 2. The zero-order chi connectivity index (χ0) is 43.5. The lowest BCUT2D eigenvalue weighted by Crippen LogP contribution is -2.57. The predicted octanol–water partition coefficient (Wildman–Crippen LogP) is 6.56. The first-order chi connectivity index (χ1) is 28.7. The Labute approximate surface area is 347 Å². The number of thiazole rings is 1. The summed E-state index contributed by atoms with van der Waals surface area (Å²) >= 11 is 1.35. The summed E-state index contributed by atoms with van der Waals surface area (Å²) < 4.78 is 133. The molecule has 1 amide bonds. The molecule has 0 bridgehead atoms. The van der Waals surface area contributed by atoms with Crippen LogP contribution >= 0.6 is 11.3 Å². The van der Waals surface area contributed by atoms with E-state index in [9.17, 15) is 35.2 Å². The van der Waals surface area contributed by atoms with Crippen molar-refractivity contribution in [2.45, 2.75) is 55.9 Å². The number of aryl methyl sites for hydroxylation is 1. The fourth-order valence-electron chi connectivity index (χ4n) is 8.74. The van der Waals surface area contributed by atoms with Crippen LogP contribution in [0.5, 0.6) is 0 Å². The highest BCUT2D eigenvalue weighted by Gasteiger charge is 2.63. The number of sulfonamides is 1. The normalized spacial score (nSPS) is 19.2. The van der Waals surface area contributed by atoms with Gasteiger partial charge in [-0.15, -0.1) is 0 Å². The third-order valence-electron chi connectivity index (χ3n) is 11.7. The summed E-state index contributed by atoms with van der Waals surface area (Å²) in [7, 11) is 1.76. The maximum Gasteiger partial charge on any atom is 0.435 e. The summed E-state index contributed by atoms with van der Waals surface area (Å²) in [6.45, 7) is 0.336. The minimum absolute atomic E-state index is 0.0145. The van der Waals surface area contributed by atoms with Crippen molar-refractivity contribution in [1.82, 2.24) is 39.7 Å². The van der Waals surface area contributed by atoms with Crippen LogP contribution in [0.15, 0.2) is 42.5 Å². The van der Waals surface area contributed by atoms with Gasteiger partial charge in [-0.05, 0) is 69.1 Å². The Kier molecular flexibility index (Phi) is 9.66. The number of fused-ring (bicyclic) bond motifs is 5. The Morgan fingerprint density at radius 3 is 2.39 bits per heavy atom. The molecule has 2 N–H and O–H groups in total. The molecule has 0 unspecified atom stereocenters. The van der Waals surface area contributed by atoms with Crippen molar-refractivity contribution in [2.24, 2.45) is 13.0 Å². The van der Waals surface area contributed by atoms with Gasteiger partial charge in [0.15, 0.2) is 22.3 Å². The summed E-state index contributed by atoms with van der Waals surface area (Å²) in [6, 6.07) is 8.51. The second kappa shape index (κ2) is 14.4. The number of amides is 1. The van der Waals surface area contributed by atoms with Crippen LogP contribution in [0, 0.1) is 17.6 Å². The Hall–Kier alpha value is -5.35. The molecule has 1 saturated heterocycles. The SMILES string of the molecule is CN(C)C1CN(c2nc3nc([C@H](Cc4cc(F)cc(F)c4)NC(=O)Cn4nc(C(F)(F)F)c5c4C(F)(F)[C@@H]4CC[C@H]54)c(-c4cccc5c(NS(C)(=O)=O)nn(C)c45)cc3s2)C1. The Morgan fingerprint density at radius 2 is 1.75 bits per heavy atom. The smallest absolute Gasteiger partial charge is 0.346 e. The minimum atomic E-state index is -5.07. The molecule has 3 aliphatic rings. The number of para-hydroxylation sites is 1. The van der Waals surface area contributed by atoms with Crippen molar-refractivity contribution in [1.29, 1.82) is 0 Å². The molecule has 5 heterocycles. The van der Waals surface area contributed by atoms with E-state index in [1.807, 2.05) is 14.1 Å². The van der Waals surface area contributed by atoms with Crippen LogP contribution in [0.25, 0.3) is 32.4 Å². The van der Waals surface area contributed by atoms with Gasteiger partial charge < -0.3 is 15.1 Å². The molecule has 6 aromatic rings. The van der Waals surface area contributed by atoms with Crippen LogP contribution in [0.2, 0.25) is 0 Å². The van der Waals surface area contributed by atoms with Crippen molar-refractivity contribution in [3.05, 3.63) is 82.3 Å². The number of alkyl halides is 5. The minimum Gasteiger partial charge on any atom is -0.346 e. The Bertz CT molecular complexity index is 2850. The van der Waals surface area contributed by atoms with E-state index in [2.05, 4.69) is 30.0 Å². The number of pyridine rings is 1. The number of benzene rings is 2. The maximum absolute atomic E-state index is 15.7. The molecule has 3 atom stereocenters. The molecule has 2 aliphatic carbocycles. The predicted molar refractivity (Wildman–Crippen MR) is 213 cm³/mol. The molecule has 322 valence electrons. The molecule has 1 aliphatic heterocycles. The summed E-state index contributed by atoms with van der Waals surface area (Å²) in [5.74, 6) is -8.92. The average molecular weight is 891 g/mol. The lowest BCUT2D eigenvalue weighted by Gasteiger charge is -2.42. The van der Waals surface area contributed by atoms with Gasteiger partial charge in [0, 0.05) is 60.2 Å². The number of carbonyl (C=O) groups excluding carboxylic acids is 1. The van der Waals surface area contributed by atoms with Crippen LogP contribution < -0.4 is 14.9 Å². The van der Waals surface area contributed by atoms with E-state index in [0.29, 0.717) is 55.7 Å². The molecule has 0 spiro atoms. The highest BCUT2D eigenvalue weighted by molar-refractivity contribution is 7.92. The van der Waals surface area contributed by atoms with Crippen molar-refractivity contribution >= 4 is 59.5 Å². The van der Waals surface area contributed by atoms with Gasteiger partial charge in [0.2, 0.25) is 15.9 Å². The van der Waals surface area contributed by atoms with Gasteiger partial charge >= 0.3 is 6.18 Å². The average Bonchev–Trinajstić information content (AvgIpc) is 3.80. The fraction of sp³-hybridized carbons (Fsp3) is 0.410. The summed E-state index contributed by atoms with van der Waals surface area (Å²) in [5, 5.41) is 11.7. The van der Waals surface area contributed by atoms with Crippen LogP contribution in [0.4, 0.5) is 41.7 Å². The summed E-state index contributed by atoms with van der Waals surface area (Å²) in [5.41, 5.74) is -1.35. The number of aromatic nitrogens is 6. The molecule has 9 rings (SSSR count). The third kappa shape index (κ3) is 7.24. The second-order valence-corrected chi connectivity index (χ2v) is 18.8. The van der Waals surface area contributed by atoms with Gasteiger partial charge in [0.1, 0.15) is 23.9 Å². The van der Waals surface area contributed by atoms with E-state index in [1.165, 1.54) is 16.0 Å². The standard InChI is InChI=1S/C39H37F7N10O3S2/c1-53(2)21-15-55(16-21)37-49-36-28(60-37)14-25(22-6-5-7-24-32(22)54(3)51-35(24)52-61(4,58)59)31(48-36)27(12-18-10-19(40)13-20(41)11-18)47-29(57)17-56-34-30(33(50-56)39(44,45)46)23-8-9-26(23)38(34,42)43/h5-7,10-11,13-14,21,23,26-27H,8-9,12,15-17H2,1-4H3,(H,47,57)(H,51,52)/t23-,26+,27-/m0/s1. The topological polar surface area (TPSA) is 143 Å². The van der Waals surface area contributed by atoms with Crippen molar-refractivity contribution in [2.75, 3.05) is 43.1 Å². The van der Waals surface area contributed by atoms with Crippen LogP contribution in [0.3, 0.4) is 0 Å². The van der Waals surface area contributed by atoms with Crippen molar-refractivity contribution in [3.8, 4) is 11.1 Å². The monoisotopic (exact) mass is 890 g/mol. The molecular formula is C39H37F7N10O3S2. The fourth-order valence-corrected chi connectivity index (χ4v) is 10.2. The number of hydrogen-bond donors (Lipinski definition) is 2. The quantitative estimate of drug-likeness (QED) is 0.138. The maximum atomic E-state index is 15.7. The van der Waals surface area contributed by atoms with Crippen molar-refractivity contribution < 1.29 is 43.9 Å². The summed E-state index contributed by atoms with van der Waals surface area (Å²) in [6.07, 6.45) is -4.28. The third-order valence-corrected chi connectivity index (χ3v) is 13.3. The zero-order valence-electron chi connectivity index (χ0n) is 32.9. The van der Waals surface area contributed by atoms with Crippen LogP contribution in [0.1, 0.15) is 53.0 Å². The number of halogens is 7. The lowest BCUT2D eigenvalue weighted by molar-refractivity contribution is -0.144. The molecular weight excluding hydrogens is 854 g/mol. The van der Waals surface area contributed by atoms with Gasteiger partial charge in [-0.2, -0.15) is 37.1 Å². The number of carbonyl (C=O) groups is 1. The van der Waals surface area contributed by atoms with Gasteiger partial charge in [0.25, 0.3) is 5.92 Å². The number of hydrogen-bond acceptors (Lipinski definition) is 10. The Balaban J connectivity index is 1.19. The Morgan fingerprint density at radius 1 is 1.03 bits per heavy atom. The van der Waals surface area contributed by atoms with Crippen molar-refractivity contribution in [3.63, 3.8) is 0 Å². The largest absolute Gasteiger partial charge is 0.435 e. The van der Waals surface area contributed by atoms with Crippen LogP contribution in [-0.2, 0) is 46.9 Å². The van der Waals surface area contributed by atoms with Gasteiger partial charge in [-0.25, -0.2) is 22.2 Å². The number of rotatable bonds is 11. The molecule has 2 fully saturated rings. The van der Waals surface area contributed by atoms with Gasteiger partial charge in [-0.3, -0.25) is 18.9 Å². The summed E-state index contributed by atoms with van der Waals surface area (Å²) in [4.78, 5) is 28.0. The van der Waals surface area contributed by atoms with E-state index < -0.39 is 81.0 Å². The van der Waals surface area contributed by atoms with E-state index in [4.69, 9.17) is 9.97 Å². The molecule has 0 radical (unpaired) electrons. The first-order valence-electron chi connectivity index (χ1n) is 19.1. The van der Waals surface area contributed by atoms with E-state index in [0.717, 1.165) is 18.4 Å².